The second-order valence-electron chi connectivity index (χ2n) is 17.0. The fourth-order valence-corrected chi connectivity index (χ4v) is 3.85. The highest BCUT2D eigenvalue weighted by atomic mass is 16.4. The van der Waals surface area contributed by atoms with Gasteiger partial charge in [0.25, 0.3) is 0 Å². The van der Waals surface area contributed by atoms with Crippen LogP contribution < -0.4 is 11.1 Å². The quantitative estimate of drug-likeness (QED) is 0.103. The molecule has 0 aromatic rings. The largest absolute Gasteiger partial charge is 0.479 e. The monoisotopic (exact) mass is 768 g/mol. The second-order valence-corrected chi connectivity index (χ2v) is 17.0. The number of amides is 1. The van der Waals surface area contributed by atoms with Gasteiger partial charge in [-0.25, -0.2) is 4.79 Å². The summed E-state index contributed by atoms with van der Waals surface area (Å²) >= 11 is 0. The van der Waals surface area contributed by atoms with Gasteiger partial charge in [-0.1, -0.05) is 83.1 Å². The maximum absolute atomic E-state index is 12.0. The van der Waals surface area contributed by atoms with Crippen molar-refractivity contribution < 1.29 is 69.6 Å². The van der Waals surface area contributed by atoms with Crippen molar-refractivity contribution in [2.24, 2.45) is 27.4 Å². The number of Topliss-reactive ketones (excluding diaryl/α,β-unsaturated/α-hetero) is 4. The van der Waals surface area contributed by atoms with E-state index in [1.165, 1.54) is 13.8 Å². The highest BCUT2D eigenvalue weighted by Gasteiger charge is 2.38. The Kier molecular flexibility index (Phi) is 27.3. The van der Waals surface area contributed by atoms with Crippen LogP contribution in [0.5, 0.6) is 0 Å². The lowest BCUT2D eigenvalue weighted by atomic mass is 9.84. The number of aliphatic hydroxyl groups is 7. The number of nitrogens with two attached hydrogens (primary N) is 1. The van der Waals surface area contributed by atoms with E-state index in [1.807, 2.05) is 20.8 Å². The van der Waals surface area contributed by atoms with Gasteiger partial charge in [-0.05, 0) is 32.7 Å². The minimum absolute atomic E-state index is 0.0831. The van der Waals surface area contributed by atoms with Crippen molar-refractivity contribution in [1.82, 2.24) is 5.32 Å². The average molecular weight is 769 g/mol. The van der Waals surface area contributed by atoms with Gasteiger partial charge < -0.3 is 51.9 Å². The van der Waals surface area contributed by atoms with E-state index in [0.29, 0.717) is 13.0 Å². The maximum atomic E-state index is 12.0. The van der Waals surface area contributed by atoms with Gasteiger partial charge in [0.2, 0.25) is 5.91 Å². The molecule has 16 nitrogen and oxygen atoms in total. The first kappa shape index (κ1) is 57.0. The van der Waals surface area contributed by atoms with Crippen LogP contribution in [0.25, 0.3) is 0 Å². The number of carboxylic acids is 1. The molecule has 0 aromatic carbocycles. The van der Waals surface area contributed by atoms with Crippen molar-refractivity contribution in [2.75, 3.05) is 13.2 Å². The molecule has 0 bridgehead atoms. The highest BCUT2D eigenvalue weighted by Crippen LogP contribution is 2.21. The Morgan fingerprint density at radius 1 is 0.642 bits per heavy atom. The molecule has 11 N–H and O–H groups in total. The standard InChI is InChI=1S/C12H24N2O2.C10H20O6.C8H14O4.C7H14O2/c1-9(15)14-10(7-5-6-8-13)11(16)12(2,3)4;1-10(2,3)9(16)8(15)7(14)6(13)5(12)4-11;1-8(2,3)6(10)4-5(9)7(11)12;1-5(8)6(9)7(2,3)4/h10H,5-8,13H2,1-4H3,(H,14,15);5-8,11-15H,4H2,1-3H3;5,9H,4H2,1-3H3,(H,11,12);5,8H,1-4H3/t10-;5-,6-,7+,8-;;/m01../s1. The molecule has 0 heterocycles. The molecular formula is C37H72N2O14. The minimum Gasteiger partial charge on any atom is -0.479 e. The Morgan fingerprint density at radius 2 is 1.06 bits per heavy atom. The van der Waals surface area contributed by atoms with Crippen LogP contribution in [0.4, 0.5) is 0 Å². The lowest BCUT2D eigenvalue weighted by molar-refractivity contribution is -0.153. The number of carbonyl (C=O) groups excluding carboxylic acids is 5. The number of aliphatic hydroxyl groups excluding tert-OH is 7. The number of nitrogens with one attached hydrogen (secondary N) is 1. The smallest absolute Gasteiger partial charge is 0.332 e. The van der Waals surface area contributed by atoms with Gasteiger partial charge in [-0.2, -0.15) is 0 Å². The van der Waals surface area contributed by atoms with E-state index in [2.05, 4.69) is 5.32 Å². The summed E-state index contributed by atoms with van der Waals surface area (Å²) < 4.78 is 0. The molecule has 314 valence electrons. The van der Waals surface area contributed by atoms with E-state index in [4.69, 9.17) is 31.3 Å². The maximum Gasteiger partial charge on any atom is 0.332 e. The molecule has 0 aliphatic rings. The summed E-state index contributed by atoms with van der Waals surface area (Å²) in [5.74, 6) is -2.44. The second kappa shape index (κ2) is 25.4. The van der Waals surface area contributed by atoms with Crippen LogP contribution in [-0.2, 0) is 28.8 Å². The van der Waals surface area contributed by atoms with Crippen LogP contribution in [0, 0.1) is 21.7 Å². The average Bonchev–Trinajstić information content (AvgIpc) is 3.00. The van der Waals surface area contributed by atoms with Gasteiger partial charge in [-0.3, -0.25) is 24.0 Å². The van der Waals surface area contributed by atoms with Crippen molar-refractivity contribution in [2.45, 2.75) is 165 Å². The number of aliphatic carboxylic acids is 1. The zero-order chi connectivity index (χ0) is 43.5. The SMILES string of the molecule is CC(=O)N[C@@H](CCCCN)C(=O)C(C)(C)C.CC(C)(C)C(=O)CC(O)C(=O)O.CC(C)(C)C(=O)[C@H](O)[C@@H](O)[C@H](O)[C@H](O)CO.CC(O)C(=O)C(C)(C)C. The zero-order valence-corrected chi connectivity index (χ0v) is 34.4. The molecular weight excluding hydrogens is 696 g/mol. The van der Waals surface area contributed by atoms with Gasteiger partial charge in [0, 0.05) is 35.0 Å². The molecule has 0 aliphatic carbocycles. The van der Waals surface area contributed by atoms with Gasteiger partial charge in [0.15, 0.2) is 23.5 Å². The van der Waals surface area contributed by atoms with Crippen LogP contribution in [-0.4, -0.2) is 132 Å². The summed E-state index contributed by atoms with van der Waals surface area (Å²) in [4.78, 5) is 66.9. The number of carboxylic acid groups (broad SMARTS) is 1. The highest BCUT2D eigenvalue weighted by molar-refractivity contribution is 5.92. The number of hydrogen-bond acceptors (Lipinski definition) is 14. The minimum atomic E-state index is -1.83. The molecule has 0 saturated heterocycles. The Labute approximate surface area is 315 Å². The summed E-state index contributed by atoms with van der Waals surface area (Å²) in [5, 5.41) is 74.5. The van der Waals surface area contributed by atoms with E-state index in [-0.39, 0.29) is 35.7 Å². The molecule has 0 rings (SSSR count). The van der Waals surface area contributed by atoms with Crippen LogP contribution in [0.15, 0.2) is 0 Å². The summed E-state index contributed by atoms with van der Waals surface area (Å²) in [5.41, 5.74) is 3.12. The lowest BCUT2D eigenvalue weighted by Crippen LogP contribution is -2.51. The van der Waals surface area contributed by atoms with E-state index in [0.717, 1.165) is 12.8 Å². The first-order chi connectivity index (χ1) is 23.5. The molecule has 1 amide bonds. The lowest BCUT2D eigenvalue weighted by Gasteiger charge is -2.28. The molecule has 0 aromatic heterocycles. The third-order valence-electron chi connectivity index (χ3n) is 7.26. The third-order valence-corrected chi connectivity index (χ3v) is 7.26. The van der Waals surface area contributed by atoms with Crippen molar-refractivity contribution in [3.05, 3.63) is 0 Å². The Balaban J connectivity index is -0.000000309. The van der Waals surface area contributed by atoms with Crippen molar-refractivity contribution >= 4 is 35.0 Å². The Bertz CT molecular complexity index is 1130. The van der Waals surface area contributed by atoms with Gasteiger partial charge in [0.1, 0.15) is 36.3 Å². The molecule has 2 unspecified atom stereocenters. The summed E-state index contributed by atoms with van der Waals surface area (Å²) in [6.45, 7) is 23.5. The first-order valence-corrected chi connectivity index (χ1v) is 17.6. The molecule has 7 atom stereocenters. The number of ketones is 4. The summed E-state index contributed by atoms with van der Waals surface area (Å²) in [7, 11) is 0. The van der Waals surface area contributed by atoms with E-state index >= 15 is 0 Å². The van der Waals surface area contributed by atoms with Gasteiger partial charge in [0.05, 0.1) is 12.6 Å². The van der Waals surface area contributed by atoms with Crippen molar-refractivity contribution in [3.63, 3.8) is 0 Å². The predicted molar refractivity (Wildman–Crippen MR) is 199 cm³/mol. The molecule has 0 aliphatic heterocycles. The molecule has 0 saturated carbocycles. The van der Waals surface area contributed by atoms with E-state index in [1.54, 1.807) is 62.3 Å². The fourth-order valence-electron chi connectivity index (χ4n) is 3.85. The van der Waals surface area contributed by atoms with E-state index < -0.39 is 76.6 Å². The Hall–Kier alpha value is -2.70. The summed E-state index contributed by atoms with van der Waals surface area (Å²) in [6.07, 6.45) is -7.29. The van der Waals surface area contributed by atoms with Crippen LogP contribution >= 0.6 is 0 Å². The van der Waals surface area contributed by atoms with Gasteiger partial charge >= 0.3 is 5.97 Å². The number of hydrogen-bond donors (Lipinski definition) is 10. The number of rotatable bonds is 15. The van der Waals surface area contributed by atoms with Crippen LogP contribution in [0.2, 0.25) is 0 Å². The van der Waals surface area contributed by atoms with Crippen molar-refractivity contribution in [1.29, 1.82) is 0 Å². The molecule has 0 spiro atoms. The molecule has 53 heavy (non-hydrogen) atoms. The van der Waals surface area contributed by atoms with Crippen LogP contribution in [0.1, 0.15) is 123 Å². The summed E-state index contributed by atoms with van der Waals surface area (Å²) in [6, 6.07) is -0.371. The molecule has 0 fully saturated rings. The van der Waals surface area contributed by atoms with Crippen LogP contribution in [0.3, 0.4) is 0 Å². The number of carbonyl (C=O) groups is 6. The molecule has 0 radical (unpaired) electrons. The molecule has 16 heteroatoms. The normalized spacial score (nSPS) is 15.8. The third kappa shape index (κ3) is 26.7. The predicted octanol–water partition coefficient (Wildman–Crippen LogP) is 0.692. The number of unbranched alkanes of at least 4 members (excludes halogenated alkanes) is 1. The Morgan fingerprint density at radius 3 is 1.32 bits per heavy atom. The topological polar surface area (TPSA) is 302 Å². The van der Waals surface area contributed by atoms with Gasteiger partial charge in [-0.15, -0.1) is 0 Å². The van der Waals surface area contributed by atoms with E-state index in [9.17, 15) is 44.1 Å². The zero-order valence-electron chi connectivity index (χ0n) is 34.4. The first-order valence-electron chi connectivity index (χ1n) is 17.6. The van der Waals surface area contributed by atoms with Crippen molar-refractivity contribution in [3.8, 4) is 0 Å². The fraction of sp³-hybridized carbons (Fsp3) is 0.838.